The fourth-order valence-electron chi connectivity index (χ4n) is 2.42. The van der Waals surface area contributed by atoms with Crippen LogP contribution in [-0.2, 0) is 17.7 Å². The van der Waals surface area contributed by atoms with Gasteiger partial charge in [-0.1, -0.05) is 18.2 Å². The van der Waals surface area contributed by atoms with Crippen molar-refractivity contribution in [1.82, 2.24) is 10.3 Å². The first-order valence-corrected chi connectivity index (χ1v) is 6.26. The first-order chi connectivity index (χ1) is 9.29. The number of rotatable bonds is 1. The Balaban J connectivity index is 2.21. The Kier molecular flexibility index (Phi) is 3.05. The van der Waals surface area contributed by atoms with Gasteiger partial charge in [0.25, 0.3) is 0 Å². The molecular weight excluding hydrogens is 242 g/mol. The Morgan fingerprint density at radius 3 is 3.11 bits per heavy atom. The molecule has 1 aromatic heterocycles. The van der Waals surface area contributed by atoms with Crippen LogP contribution in [-0.4, -0.2) is 24.7 Å². The second-order valence-electron chi connectivity index (χ2n) is 4.47. The van der Waals surface area contributed by atoms with Crippen LogP contribution in [0.25, 0.3) is 10.9 Å². The lowest BCUT2D eigenvalue weighted by Gasteiger charge is -2.21. The molecule has 0 unspecified atom stereocenters. The average molecular weight is 257 g/mol. The number of nitrogens with zero attached hydrogens (tertiary/aromatic N) is 1. The monoisotopic (exact) mass is 257 g/mol. The molecule has 2 aromatic rings. The number of hydrogen-bond donors (Lipinski definition) is 2. The largest absolute Gasteiger partial charge is 0.453 e. The van der Waals surface area contributed by atoms with Gasteiger partial charge in [-0.05, 0) is 6.07 Å². The zero-order valence-corrected chi connectivity index (χ0v) is 10.7. The molecule has 0 radical (unpaired) electrons. The van der Waals surface area contributed by atoms with E-state index in [1.165, 1.54) is 7.11 Å². The van der Waals surface area contributed by atoms with Gasteiger partial charge in [-0.3, -0.25) is 10.3 Å². The standard InChI is InChI=1S/C14H15N3O2/c1-19-14(18)17-13-9-4-2-3-5-11(9)16-12-6-7-15-8-10(12)13/h2-5,15H,6-8H2,1H3,(H,16,17,18). The number of para-hydroxylation sites is 1. The minimum absolute atomic E-state index is 0.455. The fraction of sp³-hybridized carbons (Fsp3) is 0.286. The first-order valence-electron chi connectivity index (χ1n) is 6.26. The van der Waals surface area contributed by atoms with Crippen LogP contribution in [0.4, 0.5) is 10.5 Å². The number of nitrogens with one attached hydrogen (secondary N) is 2. The van der Waals surface area contributed by atoms with Crippen molar-refractivity contribution in [1.29, 1.82) is 0 Å². The summed E-state index contributed by atoms with van der Waals surface area (Å²) in [6, 6.07) is 7.81. The van der Waals surface area contributed by atoms with E-state index in [0.29, 0.717) is 6.54 Å². The number of ether oxygens (including phenoxy) is 1. The number of methoxy groups -OCH3 is 1. The summed E-state index contributed by atoms with van der Waals surface area (Å²) in [5.74, 6) is 0. The van der Waals surface area contributed by atoms with Gasteiger partial charge in [-0.15, -0.1) is 0 Å². The molecule has 0 atom stereocenters. The van der Waals surface area contributed by atoms with E-state index in [1.807, 2.05) is 24.3 Å². The Bertz CT molecular complexity index is 640. The van der Waals surface area contributed by atoms with Gasteiger partial charge in [0.05, 0.1) is 18.3 Å². The van der Waals surface area contributed by atoms with Crippen LogP contribution in [0.2, 0.25) is 0 Å². The lowest BCUT2D eigenvalue weighted by atomic mass is 10.0. The van der Waals surface area contributed by atoms with Crippen molar-refractivity contribution >= 4 is 22.7 Å². The van der Waals surface area contributed by atoms with Gasteiger partial charge in [-0.2, -0.15) is 0 Å². The molecule has 1 aromatic carbocycles. The Morgan fingerprint density at radius 1 is 1.42 bits per heavy atom. The van der Waals surface area contributed by atoms with E-state index in [1.54, 1.807) is 0 Å². The second-order valence-corrected chi connectivity index (χ2v) is 4.47. The highest BCUT2D eigenvalue weighted by atomic mass is 16.5. The van der Waals surface area contributed by atoms with Crippen LogP contribution >= 0.6 is 0 Å². The Labute approximate surface area is 111 Å². The van der Waals surface area contributed by atoms with E-state index < -0.39 is 6.09 Å². The lowest BCUT2D eigenvalue weighted by molar-refractivity contribution is 0.187. The minimum atomic E-state index is -0.455. The summed E-state index contributed by atoms with van der Waals surface area (Å²) in [5.41, 5.74) is 3.80. The number of anilines is 1. The van der Waals surface area contributed by atoms with Crippen molar-refractivity contribution in [3.63, 3.8) is 0 Å². The molecule has 5 nitrogen and oxygen atoms in total. The van der Waals surface area contributed by atoms with Gasteiger partial charge in [0.15, 0.2) is 0 Å². The maximum Gasteiger partial charge on any atom is 0.411 e. The molecule has 2 N–H and O–H groups in total. The molecule has 5 heteroatoms. The molecule has 0 fully saturated rings. The van der Waals surface area contributed by atoms with Gasteiger partial charge in [0.1, 0.15) is 0 Å². The van der Waals surface area contributed by atoms with Crippen LogP contribution < -0.4 is 10.6 Å². The molecule has 3 rings (SSSR count). The number of carbonyl (C=O) groups is 1. The summed E-state index contributed by atoms with van der Waals surface area (Å²) >= 11 is 0. The van der Waals surface area contributed by atoms with Crippen LogP contribution in [0.3, 0.4) is 0 Å². The minimum Gasteiger partial charge on any atom is -0.453 e. The van der Waals surface area contributed by atoms with Crippen LogP contribution in [0.15, 0.2) is 24.3 Å². The highest BCUT2D eigenvalue weighted by Gasteiger charge is 2.19. The van der Waals surface area contributed by atoms with Gasteiger partial charge in [0.2, 0.25) is 0 Å². The summed E-state index contributed by atoms with van der Waals surface area (Å²) in [6.07, 6.45) is 0.417. The predicted molar refractivity (Wildman–Crippen MR) is 73.2 cm³/mol. The first kappa shape index (κ1) is 11.9. The molecule has 0 saturated heterocycles. The summed E-state index contributed by atoms with van der Waals surface area (Å²) in [5, 5.41) is 7.07. The summed E-state index contributed by atoms with van der Waals surface area (Å²) in [6.45, 7) is 1.63. The smallest absolute Gasteiger partial charge is 0.411 e. The number of carbonyl (C=O) groups excluding carboxylic acids is 1. The normalized spacial score (nSPS) is 13.9. The van der Waals surface area contributed by atoms with Crippen molar-refractivity contribution in [3.8, 4) is 0 Å². The molecule has 98 valence electrons. The molecular formula is C14H15N3O2. The average Bonchev–Trinajstić information content (AvgIpc) is 2.46. The number of fused-ring (bicyclic) bond motifs is 2. The molecule has 1 aliphatic heterocycles. The van der Waals surface area contributed by atoms with Crippen LogP contribution in [0.5, 0.6) is 0 Å². The summed E-state index contributed by atoms with van der Waals surface area (Å²) in [7, 11) is 1.36. The number of amides is 1. The highest BCUT2D eigenvalue weighted by Crippen LogP contribution is 2.30. The van der Waals surface area contributed by atoms with E-state index >= 15 is 0 Å². The zero-order valence-electron chi connectivity index (χ0n) is 10.7. The van der Waals surface area contributed by atoms with Crippen LogP contribution in [0, 0.1) is 0 Å². The lowest BCUT2D eigenvalue weighted by Crippen LogP contribution is -2.26. The summed E-state index contributed by atoms with van der Waals surface area (Å²) in [4.78, 5) is 16.2. The molecule has 19 heavy (non-hydrogen) atoms. The van der Waals surface area contributed by atoms with Gasteiger partial charge < -0.3 is 10.1 Å². The highest BCUT2D eigenvalue weighted by molar-refractivity contribution is 6.00. The van der Waals surface area contributed by atoms with E-state index in [4.69, 9.17) is 4.74 Å². The van der Waals surface area contributed by atoms with Gasteiger partial charge in [-0.25, -0.2) is 4.79 Å². The Hall–Kier alpha value is -2.14. The zero-order chi connectivity index (χ0) is 13.2. The number of pyridine rings is 1. The van der Waals surface area contributed by atoms with Crippen LogP contribution in [0.1, 0.15) is 11.3 Å². The molecule has 1 amide bonds. The molecule has 0 spiro atoms. The van der Waals surface area contributed by atoms with Crippen molar-refractivity contribution in [3.05, 3.63) is 35.5 Å². The third kappa shape index (κ3) is 2.13. The third-order valence-electron chi connectivity index (χ3n) is 3.33. The maximum atomic E-state index is 11.5. The van der Waals surface area contributed by atoms with Crippen molar-refractivity contribution in [2.24, 2.45) is 0 Å². The maximum absolute atomic E-state index is 11.5. The van der Waals surface area contributed by atoms with Crippen molar-refractivity contribution < 1.29 is 9.53 Å². The molecule has 2 heterocycles. The second kappa shape index (κ2) is 4.85. The predicted octanol–water partition coefficient (Wildman–Crippen LogP) is 2.06. The van der Waals surface area contributed by atoms with E-state index in [0.717, 1.165) is 40.8 Å². The quantitative estimate of drug-likeness (QED) is 0.820. The van der Waals surface area contributed by atoms with E-state index in [2.05, 4.69) is 15.6 Å². The summed E-state index contributed by atoms with van der Waals surface area (Å²) < 4.78 is 4.70. The van der Waals surface area contributed by atoms with Gasteiger partial charge in [0, 0.05) is 36.2 Å². The van der Waals surface area contributed by atoms with Crippen molar-refractivity contribution in [2.75, 3.05) is 19.0 Å². The molecule has 0 saturated carbocycles. The molecule has 1 aliphatic rings. The number of hydrogen-bond acceptors (Lipinski definition) is 4. The number of aromatic nitrogens is 1. The third-order valence-corrected chi connectivity index (χ3v) is 3.33. The SMILES string of the molecule is COC(=O)Nc1c2c(nc3ccccc13)CCNC2. The number of benzene rings is 1. The van der Waals surface area contributed by atoms with Gasteiger partial charge >= 0.3 is 6.09 Å². The fourth-order valence-corrected chi connectivity index (χ4v) is 2.42. The van der Waals surface area contributed by atoms with Crippen molar-refractivity contribution in [2.45, 2.75) is 13.0 Å². The Morgan fingerprint density at radius 2 is 2.26 bits per heavy atom. The topological polar surface area (TPSA) is 63.2 Å². The molecule has 0 aliphatic carbocycles. The van der Waals surface area contributed by atoms with E-state index in [9.17, 15) is 4.79 Å². The van der Waals surface area contributed by atoms with E-state index in [-0.39, 0.29) is 0 Å². The molecule has 0 bridgehead atoms.